The van der Waals surface area contributed by atoms with E-state index in [1.54, 1.807) is 17.8 Å². The first-order valence-corrected chi connectivity index (χ1v) is 7.50. The SMILES string of the molecule is CCc1ccc(Sc2ccc(Br)cc2)cc1C(=O)O. The van der Waals surface area contributed by atoms with Gasteiger partial charge in [-0.15, -0.1) is 0 Å². The molecule has 0 fully saturated rings. The Labute approximate surface area is 125 Å². The summed E-state index contributed by atoms with van der Waals surface area (Å²) in [6.45, 7) is 1.96. The van der Waals surface area contributed by atoms with Crippen molar-refractivity contribution < 1.29 is 9.90 Å². The molecule has 0 bridgehead atoms. The topological polar surface area (TPSA) is 37.3 Å². The van der Waals surface area contributed by atoms with Crippen molar-refractivity contribution in [1.29, 1.82) is 0 Å². The Bertz CT molecular complexity index is 594. The Hall–Kier alpha value is -1.26. The van der Waals surface area contributed by atoms with Gasteiger partial charge in [0.15, 0.2) is 0 Å². The van der Waals surface area contributed by atoms with E-state index in [4.69, 9.17) is 0 Å². The quantitative estimate of drug-likeness (QED) is 0.866. The molecule has 2 nitrogen and oxygen atoms in total. The van der Waals surface area contributed by atoms with Crippen molar-refractivity contribution >= 4 is 33.7 Å². The molecule has 0 atom stereocenters. The van der Waals surface area contributed by atoms with Crippen molar-refractivity contribution in [1.82, 2.24) is 0 Å². The highest BCUT2D eigenvalue weighted by Gasteiger charge is 2.10. The second-order valence-electron chi connectivity index (χ2n) is 4.03. The summed E-state index contributed by atoms with van der Waals surface area (Å²) in [5.74, 6) is -0.866. The van der Waals surface area contributed by atoms with Crippen molar-refractivity contribution in [2.45, 2.75) is 23.1 Å². The highest BCUT2D eigenvalue weighted by molar-refractivity contribution is 9.10. The first-order valence-electron chi connectivity index (χ1n) is 5.90. The van der Waals surface area contributed by atoms with Gasteiger partial charge >= 0.3 is 5.97 Å². The third-order valence-electron chi connectivity index (χ3n) is 2.74. The Balaban J connectivity index is 2.28. The van der Waals surface area contributed by atoms with Crippen LogP contribution < -0.4 is 0 Å². The maximum atomic E-state index is 11.2. The van der Waals surface area contributed by atoms with Gasteiger partial charge in [-0.1, -0.05) is 40.7 Å². The highest BCUT2D eigenvalue weighted by Crippen LogP contribution is 2.30. The fourth-order valence-corrected chi connectivity index (χ4v) is 2.89. The number of benzene rings is 2. The lowest BCUT2D eigenvalue weighted by Crippen LogP contribution is -2.01. The molecule has 2 rings (SSSR count). The van der Waals surface area contributed by atoms with Gasteiger partial charge in [0.05, 0.1) is 5.56 Å². The van der Waals surface area contributed by atoms with E-state index in [1.165, 1.54) is 0 Å². The molecule has 0 heterocycles. The lowest BCUT2D eigenvalue weighted by molar-refractivity contribution is 0.0695. The molecule has 1 N–H and O–H groups in total. The minimum absolute atomic E-state index is 0.393. The van der Waals surface area contributed by atoms with E-state index in [9.17, 15) is 9.90 Å². The number of hydrogen-bond donors (Lipinski definition) is 1. The molecule has 0 aliphatic heterocycles. The van der Waals surface area contributed by atoms with Crippen molar-refractivity contribution in [3.8, 4) is 0 Å². The molecule has 4 heteroatoms. The van der Waals surface area contributed by atoms with Crippen LogP contribution in [0.15, 0.2) is 56.7 Å². The summed E-state index contributed by atoms with van der Waals surface area (Å²) < 4.78 is 1.03. The fourth-order valence-electron chi connectivity index (χ4n) is 1.77. The van der Waals surface area contributed by atoms with Crippen LogP contribution in [0.5, 0.6) is 0 Å². The van der Waals surface area contributed by atoms with Gasteiger partial charge in [0, 0.05) is 14.3 Å². The van der Waals surface area contributed by atoms with Gasteiger partial charge in [0.1, 0.15) is 0 Å². The van der Waals surface area contributed by atoms with Crippen molar-refractivity contribution in [2.24, 2.45) is 0 Å². The number of hydrogen-bond acceptors (Lipinski definition) is 2. The lowest BCUT2D eigenvalue weighted by Gasteiger charge is -2.07. The highest BCUT2D eigenvalue weighted by atomic mass is 79.9. The maximum Gasteiger partial charge on any atom is 0.336 e. The molecule has 0 radical (unpaired) electrons. The summed E-state index contributed by atoms with van der Waals surface area (Å²) in [6, 6.07) is 13.6. The third-order valence-corrected chi connectivity index (χ3v) is 4.27. The number of aromatic carboxylic acids is 1. The second kappa shape index (κ2) is 6.26. The Morgan fingerprint density at radius 3 is 2.37 bits per heavy atom. The molecule has 98 valence electrons. The van der Waals surface area contributed by atoms with Crippen LogP contribution >= 0.6 is 27.7 Å². The summed E-state index contributed by atoms with van der Waals surface area (Å²) in [5, 5.41) is 9.21. The van der Waals surface area contributed by atoms with Crippen molar-refractivity contribution in [3.63, 3.8) is 0 Å². The van der Waals surface area contributed by atoms with Crippen LogP contribution in [0.4, 0.5) is 0 Å². The van der Waals surface area contributed by atoms with Crippen LogP contribution in [-0.4, -0.2) is 11.1 Å². The largest absolute Gasteiger partial charge is 0.478 e. The van der Waals surface area contributed by atoms with Gasteiger partial charge in [0.25, 0.3) is 0 Å². The summed E-state index contributed by atoms with van der Waals surface area (Å²) >= 11 is 4.96. The molecular weight excluding hydrogens is 324 g/mol. The van der Waals surface area contributed by atoms with Crippen LogP contribution in [0.25, 0.3) is 0 Å². The van der Waals surface area contributed by atoms with Crippen LogP contribution in [0.2, 0.25) is 0 Å². The van der Waals surface area contributed by atoms with Gasteiger partial charge in [-0.2, -0.15) is 0 Å². The smallest absolute Gasteiger partial charge is 0.336 e. The van der Waals surface area contributed by atoms with E-state index in [0.29, 0.717) is 5.56 Å². The van der Waals surface area contributed by atoms with Gasteiger partial charge in [-0.25, -0.2) is 4.79 Å². The molecule has 0 saturated carbocycles. The van der Waals surface area contributed by atoms with Gasteiger partial charge in [-0.3, -0.25) is 0 Å². The van der Waals surface area contributed by atoms with E-state index < -0.39 is 5.97 Å². The van der Waals surface area contributed by atoms with E-state index in [-0.39, 0.29) is 0 Å². The predicted molar refractivity (Wildman–Crippen MR) is 81.0 cm³/mol. The number of carboxylic acids is 1. The molecule has 0 aromatic heterocycles. The molecule has 0 amide bonds. The van der Waals surface area contributed by atoms with E-state index in [0.717, 1.165) is 26.2 Å². The second-order valence-corrected chi connectivity index (χ2v) is 6.10. The Morgan fingerprint density at radius 2 is 1.79 bits per heavy atom. The minimum Gasteiger partial charge on any atom is -0.478 e. The average molecular weight is 337 g/mol. The first-order chi connectivity index (χ1) is 9.10. The molecule has 2 aromatic carbocycles. The van der Waals surface area contributed by atoms with E-state index in [2.05, 4.69) is 15.9 Å². The molecule has 0 aliphatic rings. The monoisotopic (exact) mass is 336 g/mol. The maximum absolute atomic E-state index is 11.2. The number of carboxylic acid groups (broad SMARTS) is 1. The summed E-state index contributed by atoms with van der Waals surface area (Å²) in [7, 11) is 0. The number of carbonyl (C=O) groups is 1. The molecule has 0 saturated heterocycles. The molecular formula is C15H13BrO2S. The first kappa shape index (κ1) is 14.2. The van der Waals surface area contributed by atoms with Crippen LogP contribution in [0, 0.1) is 0 Å². The Kier molecular flexibility index (Phi) is 4.66. The predicted octanol–water partition coefficient (Wildman–Crippen LogP) is 4.86. The molecule has 19 heavy (non-hydrogen) atoms. The van der Waals surface area contributed by atoms with E-state index in [1.807, 2.05) is 43.3 Å². The average Bonchev–Trinajstić information content (AvgIpc) is 2.41. The van der Waals surface area contributed by atoms with Gasteiger partial charge in [0.2, 0.25) is 0 Å². The molecule has 0 aliphatic carbocycles. The molecule has 0 spiro atoms. The van der Waals surface area contributed by atoms with Crippen molar-refractivity contribution in [3.05, 3.63) is 58.1 Å². The fraction of sp³-hybridized carbons (Fsp3) is 0.133. The number of aryl methyl sites for hydroxylation is 1. The van der Waals surface area contributed by atoms with Gasteiger partial charge < -0.3 is 5.11 Å². The normalized spacial score (nSPS) is 10.4. The number of halogens is 1. The minimum atomic E-state index is -0.866. The molecule has 0 unspecified atom stereocenters. The van der Waals surface area contributed by atoms with Gasteiger partial charge in [-0.05, 0) is 48.4 Å². The number of rotatable bonds is 4. The zero-order valence-electron chi connectivity index (χ0n) is 10.4. The lowest BCUT2D eigenvalue weighted by atomic mass is 10.1. The van der Waals surface area contributed by atoms with Crippen LogP contribution in [0.3, 0.4) is 0 Å². The summed E-state index contributed by atoms with van der Waals surface area (Å²) in [5.41, 5.74) is 1.26. The zero-order chi connectivity index (χ0) is 13.8. The Morgan fingerprint density at radius 1 is 1.16 bits per heavy atom. The standard InChI is InChI=1S/C15H13BrO2S/c1-2-10-3-6-13(9-14(10)15(17)18)19-12-7-4-11(16)5-8-12/h3-9H,2H2,1H3,(H,17,18). The van der Waals surface area contributed by atoms with E-state index >= 15 is 0 Å². The third kappa shape index (κ3) is 3.61. The van der Waals surface area contributed by atoms with Crippen LogP contribution in [0.1, 0.15) is 22.8 Å². The van der Waals surface area contributed by atoms with Crippen molar-refractivity contribution in [2.75, 3.05) is 0 Å². The molecule has 2 aromatic rings. The van der Waals surface area contributed by atoms with Crippen LogP contribution in [-0.2, 0) is 6.42 Å². The summed E-state index contributed by atoms with van der Waals surface area (Å²) in [6.07, 6.45) is 0.727. The summed E-state index contributed by atoms with van der Waals surface area (Å²) in [4.78, 5) is 13.2. The zero-order valence-corrected chi connectivity index (χ0v) is 12.8.